The van der Waals surface area contributed by atoms with E-state index < -0.39 is 11.2 Å². The van der Waals surface area contributed by atoms with Crippen molar-refractivity contribution in [2.45, 2.75) is 6.54 Å². The number of fused-ring (bicyclic) bond motifs is 1. The van der Waals surface area contributed by atoms with Gasteiger partial charge < -0.3 is 0 Å². The number of nitriles is 1. The Morgan fingerprint density at radius 1 is 1.00 bits per heavy atom. The zero-order valence-corrected chi connectivity index (χ0v) is 14.1. The van der Waals surface area contributed by atoms with Crippen molar-refractivity contribution >= 4 is 11.0 Å². The first-order chi connectivity index (χ1) is 13.2. The van der Waals surface area contributed by atoms with E-state index >= 15 is 0 Å². The van der Waals surface area contributed by atoms with Gasteiger partial charge in [-0.3, -0.25) is 14.3 Å². The Bertz CT molecular complexity index is 1300. The van der Waals surface area contributed by atoms with Gasteiger partial charge in [-0.1, -0.05) is 6.07 Å². The van der Waals surface area contributed by atoms with Crippen LogP contribution in [0.2, 0.25) is 0 Å². The Labute approximate surface area is 153 Å². The lowest BCUT2D eigenvalue weighted by molar-refractivity contribution is 0.682. The number of hydrogen-bond acceptors (Lipinski definition) is 5. The van der Waals surface area contributed by atoms with Crippen LogP contribution in [0.25, 0.3) is 16.7 Å². The van der Waals surface area contributed by atoms with Crippen LogP contribution in [0.3, 0.4) is 0 Å². The second-order valence-electron chi connectivity index (χ2n) is 5.90. The summed E-state index contributed by atoms with van der Waals surface area (Å²) in [6, 6.07) is 15.5. The van der Waals surface area contributed by atoms with Crippen LogP contribution >= 0.6 is 0 Å². The third-order valence-electron chi connectivity index (χ3n) is 4.22. The van der Waals surface area contributed by atoms with Crippen molar-refractivity contribution in [1.29, 1.82) is 5.26 Å². The molecule has 3 heterocycles. The fourth-order valence-corrected chi connectivity index (χ4v) is 2.94. The van der Waals surface area contributed by atoms with Gasteiger partial charge in [0.05, 0.1) is 29.3 Å². The molecule has 3 aromatic heterocycles. The molecule has 0 aliphatic rings. The number of nitrogens with zero attached hydrogens (tertiary/aromatic N) is 5. The largest absolute Gasteiger partial charge is 0.337 e. The van der Waals surface area contributed by atoms with E-state index in [0.29, 0.717) is 16.6 Å². The molecule has 7 heteroatoms. The molecule has 1 aromatic carbocycles. The molecule has 27 heavy (non-hydrogen) atoms. The summed E-state index contributed by atoms with van der Waals surface area (Å²) >= 11 is 0. The van der Waals surface area contributed by atoms with E-state index in [0.717, 1.165) is 5.56 Å². The predicted octanol–water partition coefficient (Wildman–Crippen LogP) is 1.86. The summed E-state index contributed by atoms with van der Waals surface area (Å²) in [7, 11) is 0. The summed E-state index contributed by atoms with van der Waals surface area (Å²) in [6.07, 6.45) is 4.74. The van der Waals surface area contributed by atoms with Gasteiger partial charge in [0.1, 0.15) is 0 Å². The van der Waals surface area contributed by atoms with E-state index in [1.165, 1.54) is 15.3 Å². The highest BCUT2D eigenvalue weighted by molar-refractivity contribution is 5.75. The van der Waals surface area contributed by atoms with E-state index in [4.69, 9.17) is 0 Å². The summed E-state index contributed by atoms with van der Waals surface area (Å²) < 4.78 is 2.52. The highest BCUT2D eigenvalue weighted by Crippen LogP contribution is 2.13. The maximum absolute atomic E-state index is 13.2. The molecule has 130 valence electrons. The molecule has 4 aromatic rings. The maximum atomic E-state index is 13.2. The Hall–Kier alpha value is -4.05. The molecule has 0 fully saturated rings. The number of pyridine rings is 2. The summed E-state index contributed by atoms with van der Waals surface area (Å²) in [5.74, 6) is 0. The lowest BCUT2D eigenvalue weighted by Gasteiger charge is -2.13. The molecule has 0 N–H and O–H groups in total. The second kappa shape index (κ2) is 6.69. The lowest BCUT2D eigenvalue weighted by Crippen LogP contribution is -2.40. The van der Waals surface area contributed by atoms with Gasteiger partial charge in [-0.2, -0.15) is 5.26 Å². The first-order valence-corrected chi connectivity index (χ1v) is 8.19. The Balaban J connectivity index is 2.05. The normalized spacial score (nSPS) is 10.6. The van der Waals surface area contributed by atoms with Gasteiger partial charge in [0.2, 0.25) is 0 Å². The average molecular weight is 355 g/mol. The van der Waals surface area contributed by atoms with E-state index in [-0.39, 0.29) is 12.2 Å². The summed E-state index contributed by atoms with van der Waals surface area (Å²) in [6.45, 7) is 0.114. The van der Waals surface area contributed by atoms with Crippen LogP contribution < -0.4 is 11.2 Å². The SMILES string of the molecule is N#Cc1cccc(-n2c(=O)n(Cc3ccncc3)c(=O)c3cccnc32)c1. The van der Waals surface area contributed by atoms with Gasteiger partial charge in [-0.05, 0) is 48.0 Å². The topological polar surface area (TPSA) is 93.6 Å². The summed E-state index contributed by atoms with van der Waals surface area (Å²) in [4.78, 5) is 34.3. The zero-order valence-electron chi connectivity index (χ0n) is 14.1. The Morgan fingerprint density at radius 2 is 1.81 bits per heavy atom. The summed E-state index contributed by atoms with van der Waals surface area (Å²) in [5, 5.41) is 9.50. The molecule has 0 saturated carbocycles. The molecule has 0 unspecified atom stereocenters. The third-order valence-corrected chi connectivity index (χ3v) is 4.22. The van der Waals surface area contributed by atoms with Crippen molar-refractivity contribution in [2.24, 2.45) is 0 Å². The van der Waals surface area contributed by atoms with Crippen molar-refractivity contribution in [3.05, 3.63) is 99.1 Å². The third kappa shape index (κ3) is 2.89. The minimum Gasteiger partial charge on any atom is -0.268 e. The Kier molecular flexibility index (Phi) is 4.07. The average Bonchev–Trinajstić information content (AvgIpc) is 2.72. The van der Waals surface area contributed by atoms with Gasteiger partial charge in [0.25, 0.3) is 5.56 Å². The molecule has 0 aliphatic heterocycles. The van der Waals surface area contributed by atoms with Gasteiger partial charge >= 0.3 is 5.69 Å². The first kappa shape index (κ1) is 16.4. The molecule has 0 aliphatic carbocycles. The van der Waals surface area contributed by atoms with Gasteiger partial charge in [-0.25, -0.2) is 14.3 Å². The van der Waals surface area contributed by atoms with Crippen molar-refractivity contribution in [3.63, 3.8) is 0 Å². The Morgan fingerprint density at radius 3 is 2.59 bits per heavy atom. The molecule has 7 nitrogen and oxygen atoms in total. The quantitative estimate of drug-likeness (QED) is 0.559. The minimum absolute atomic E-state index is 0.114. The van der Waals surface area contributed by atoms with Crippen LogP contribution in [0, 0.1) is 11.3 Å². The fourth-order valence-electron chi connectivity index (χ4n) is 2.94. The molecule has 0 atom stereocenters. The highest BCUT2D eigenvalue weighted by atomic mass is 16.2. The number of aromatic nitrogens is 4. The van der Waals surface area contributed by atoms with Crippen LogP contribution in [0.4, 0.5) is 0 Å². The zero-order chi connectivity index (χ0) is 18.8. The van der Waals surface area contributed by atoms with Crippen LogP contribution in [0.1, 0.15) is 11.1 Å². The monoisotopic (exact) mass is 355 g/mol. The van der Waals surface area contributed by atoms with Gasteiger partial charge in [-0.15, -0.1) is 0 Å². The van der Waals surface area contributed by atoms with Gasteiger partial charge in [0, 0.05) is 18.6 Å². The molecule has 0 spiro atoms. The predicted molar refractivity (Wildman–Crippen MR) is 99.7 cm³/mol. The van der Waals surface area contributed by atoms with Crippen molar-refractivity contribution in [1.82, 2.24) is 19.1 Å². The van der Waals surface area contributed by atoms with Crippen LogP contribution in [0.5, 0.6) is 0 Å². The second-order valence-corrected chi connectivity index (χ2v) is 5.90. The molecular weight excluding hydrogens is 342 g/mol. The van der Waals surface area contributed by atoms with Crippen LogP contribution in [0.15, 0.2) is 76.7 Å². The molecule has 0 saturated heterocycles. The van der Waals surface area contributed by atoms with E-state index in [2.05, 4.69) is 16.0 Å². The first-order valence-electron chi connectivity index (χ1n) is 8.19. The van der Waals surface area contributed by atoms with Crippen LogP contribution in [-0.2, 0) is 6.54 Å². The lowest BCUT2D eigenvalue weighted by atomic mass is 10.2. The molecule has 0 bridgehead atoms. The van der Waals surface area contributed by atoms with Gasteiger partial charge in [0.15, 0.2) is 5.65 Å². The molecule has 0 radical (unpaired) electrons. The van der Waals surface area contributed by atoms with Crippen LogP contribution in [-0.4, -0.2) is 19.1 Å². The van der Waals surface area contributed by atoms with E-state index in [1.807, 2.05) is 0 Å². The van der Waals surface area contributed by atoms with Crippen molar-refractivity contribution in [2.75, 3.05) is 0 Å². The fraction of sp³-hybridized carbons (Fsp3) is 0.0500. The van der Waals surface area contributed by atoms with E-state index in [1.54, 1.807) is 60.9 Å². The molecular formula is C20H13N5O2. The van der Waals surface area contributed by atoms with E-state index in [9.17, 15) is 14.9 Å². The van der Waals surface area contributed by atoms with Crippen molar-refractivity contribution < 1.29 is 0 Å². The smallest absolute Gasteiger partial charge is 0.268 e. The number of benzene rings is 1. The maximum Gasteiger partial charge on any atom is 0.337 e. The molecule has 0 amide bonds. The standard InChI is InChI=1S/C20H13N5O2/c21-12-15-3-1-4-16(11-15)25-18-17(5-2-8-23-18)19(26)24(20(25)27)13-14-6-9-22-10-7-14/h1-11H,13H2. The molecule has 4 rings (SSSR count). The van der Waals surface area contributed by atoms with Crippen molar-refractivity contribution in [3.8, 4) is 11.8 Å². The highest BCUT2D eigenvalue weighted by Gasteiger charge is 2.15. The number of rotatable bonds is 3. The number of hydrogen-bond donors (Lipinski definition) is 0. The summed E-state index contributed by atoms with van der Waals surface area (Å²) in [5.41, 5.74) is 1.01. The minimum atomic E-state index is -0.516.